The number of anilines is 1. The summed E-state index contributed by atoms with van der Waals surface area (Å²) in [6, 6.07) is 12.7. The molecule has 9 heteroatoms. The summed E-state index contributed by atoms with van der Waals surface area (Å²) < 4.78 is 2.31. The predicted molar refractivity (Wildman–Crippen MR) is 162 cm³/mol. The summed E-state index contributed by atoms with van der Waals surface area (Å²) in [5.74, 6) is 0.740. The number of piperazine rings is 1. The zero-order chi connectivity index (χ0) is 27.5. The van der Waals surface area contributed by atoms with Crippen LogP contribution in [0, 0.1) is 18.3 Å². The van der Waals surface area contributed by atoms with Crippen LogP contribution in [-0.4, -0.2) is 56.8 Å². The number of pyridine rings is 1. The lowest BCUT2D eigenvalue weighted by molar-refractivity contribution is -0.124. The molecule has 2 aliphatic heterocycles. The second-order valence-corrected chi connectivity index (χ2v) is 12.2. The van der Waals surface area contributed by atoms with Crippen molar-refractivity contribution in [3.8, 4) is 6.07 Å². The van der Waals surface area contributed by atoms with Crippen LogP contribution in [-0.2, 0) is 17.9 Å². The van der Waals surface area contributed by atoms with Gasteiger partial charge in [-0.1, -0.05) is 73.6 Å². The van der Waals surface area contributed by atoms with Crippen molar-refractivity contribution in [1.82, 2.24) is 14.4 Å². The first-order valence-corrected chi connectivity index (χ1v) is 15.1. The van der Waals surface area contributed by atoms with E-state index in [0.29, 0.717) is 21.3 Å². The van der Waals surface area contributed by atoms with E-state index in [1.54, 1.807) is 4.57 Å². The topological polar surface area (TPSA) is 72.6 Å². The van der Waals surface area contributed by atoms with Crippen LogP contribution in [0.15, 0.2) is 40.0 Å². The molecule has 1 amide bonds. The van der Waals surface area contributed by atoms with Crippen LogP contribution < -0.4 is 10.5 Å². The Kier molecular flexibility index (Phi) is 8.55. The fourth-order valence-corrected chi connectivity index (χ4v) is 7.38. The fraction of sp³-hybridized carbons (Fsp3) is 0.467. The van der Waals surface area contributed by atoms with Gasteiger partial charge in [0.2, 0.25) is 0 Å². The summed E-state index contributed by atoms with van der Waals surface area (Å²) in [4.78, 5) is 34.0. The van der Waals surface area contributed by atoms with Crippen molar-refractivity contribution in [2.45, 2.75) is 65.1 Å². The van der Waals surface area contributed by atoms with Crippen molar-refractivity contribution in [1.29, 1.82) is 5.26 Å². The molecule has 3 heterocycles. The van der Waals surface area contributed by atoms with Crippen molar-refractivity contribution in [2.75, 3.05) is 31.1 Å². The van der Waals surface area contributed by atoms with Crippen LogP contribution in [0.25, 0.3) is 6.08 Å². The number of rotatable bonds is 6. The van der Waals surface area contributed by atoms with Gasteiger partial charge >= 0.3 is 0 Å². The summed E-state index contributed by atoms with van der Waals surface area (Å²) in [5.41, 5.74) is 2.54. The van der Waals surface area contributed by atoms with Gasteiger partial charge in [-0.05, 0) is 43.9 Å². The highest BCUT2D eigenvalue weighted by molar-refractivity contribution is 8.26. The summed E-state index contributed by atoms with van der Waals surface area (Å²) in [6.45, 7) is 8.30. The van der Waals surface area contributed by atoms with E-state index in [0.717, 1.165) is 69.8 Å². The largest absolute Gasteiger partial charge is 0.355 e. The van der Waals surface area contributed by atoms with Crippen LogP contribution in [0.5, 0.6) is 0 Å². The van der Waals surface area contributed by atoms with E-state index in [1.165, 1.54) is 23.7 Å². The second-order valence-electron chi connectivity index (χ2n) is 10.5. The van der Waals surface area contributed by atoms with E-state index in [4.69, 9.17) is 12.2 Å². The summed E-state index contributed by atoms with van der Waals surface area (Å²) in [7, 11) is 0. The Bertz CT molecular complexity index is 1380. The average molecular weight is 562 g/mol. The highest BCUT2D eigenvalue weighted by Crippen LogP contribution is 2.39. The molecular formula is C30H35N5O2S2. The standard InChI is InChI=1S/C30H35N5O2S2/c1-3-34-27(33-16-14-32(15-17-33)20-22-10-6-4-7-11-22)24(21(2)25(19-31)28(34)36)18-26-29(37)35(30(38)39-26)23-12-8-5-9-13-23/h4,6-7,10-11,18,23H,3,5,8-9,12-17,20H2,1-2H3/b26-18+. The number of thioether (sulfide) groups is 1. The first kappa shape index (κ1) is 27.6. The van der Waals surface area contributed by atoms with Crippen LogP contribution in [0.1, 0.15) is 61.3 Å². The average Bonchev–Trinajstić information content (AvgIpc) is 3.24. The lowest BCUT2D eigenvalue weighted by Crippen LogP contribution is -2.48. The zero-order valence-corrected chi connectivity index (χ0v) is 24.3. The fourth-order valence-electron chi connectivity index (χ4n) is 6.00. The third-order valence-corrected chi connectivity index (χ3v) is 9.45. The molecule has 204 valence electrons. The van der Waals surface area contributed by atoms with Crippen LogP contribution >= 0.6 is 24.0 Å². The number of carbonyl (C=O) groups excluding carboxylic acids is 1. The Morgan fingerprint density at radius 2 is 1.77 bits per heavy atom. The maximum atomic E-state index is 13.6. The molecule has 3 aliphatic rings. The quantitative estimate of drug-likeness (QED) is 0.367. The maximum Gasteiger partial charge on any atom is 0.270 e. The Morgan fingerprint density at radius 1 is 1.08 bits per heavy atom. The molecule has 1 aliphatic carbocycles. The van der Waals surface area contributed by atoms with Gasteiger partial charge in [-0.3, -0.25) is 24.0 Å². The van der Waals surface area contributed by atoms with Gasteiger partial charge in [-0.2, -0.15) is 5.26 Å². The minimum Gasteiger partial charge on any atom is -0.355 e. The molecule has 0 spiro atoms. The molecule has 39 heavy (non-hydrogen) atoms. The highest BCUT2D eigenvalue weighted by Gasteiger charge is 2.38. The number of aromatic nitrogens is 1. The van der Waals surface area contributed by atoms with E-state index in [-0.39, 0.29) is 23.1 Å². The van der Waals surface area contributed by atoms with Gasteiger partial charge in [0, 0.05) is 50.9 Å². The van der Waals surface area contributed by atoms with E-state index >= 15 is 0 Å². The molecule has 2 aromatic rings. The number of benzene rings is 1. The minimum absolute atomic E-state index is 0.0531. The van der Waals surface area contributed by atoms with E-state index < -0.39 is 0 Å². The van der Waals surface area contributed by atoms with Crippen molar-refractivity contribution in [3.63, 3.8) is 0 Å². The van der Waals surface area contributed by atoms with E-state index in [9.17, 15) is 14.9 Å². The third-order valence-electron chi connectivity index (χ3n) is 8.12. The molecule has 5 rings (SSSR count). The van der Waals surface area contributed by atoms with Crippen molar-refractivity contribution >= 4 is 46.1 Å². The lowest BCUT2D eigenvalue weighted by atomic mass is 9.94. The highest BCUT2D eigenvalue weighted by atomic mass is 32.2. The van der Waals surface area contributed by atoms with Gasteiger partial charge in [0.05, 0.1) is 4.91 Å². The predicted octanol–water partition coefficient (Wildman–Crippen LogP) is 4.90. The normalized spacial score (nSPS) is 20.2. The monoisotopic (exact) mass is 561 g/mol. The number of thiocarbonyl (C=S) groups is 1. The molecule has 2 saturated heterocycles. The number of hydrogen-bond donors (Lipinski definition) is 0. The first-order valence-electron chi connectivity index (χ1n) is 13.9. The Hall–Kier alpha value is -2.93. The van der Waals surface area contributed by atoms with E-state index in [2.05, 4.69) is 40.1 Å². The van der Waals surface area contributed by atoms with Gasteiger partial charge in [0.15, 0.2) is 0 Å². The molecule has 1 saturated carbocycles. The Balaban J connectivity index is 1.49. The minimum atomic E-state index is -0.272. The van der Waals surface area contributed by atoms with Crippen LogP contribution in [0.2, 0.25) is 0 Å². The number of carbonyl (C=O) groups is 1. The van der Waals surface area contributed by atoms with Gasteiger partial charge < -0.3 is 4.90 Å². The Labute approximate surface area is 240 Å². The second kappa shape index (κ2) is 12.1. The summed E-state index contributed by atoms with van der Waals surface area (Å²) >= 11 is 7.01. The van der Waals surface area contributed by atoms with Gasteiger partial charge in [-0.25, -0.2) is 0 Å². The zero-order valence-electron chi connectivity index (χ0n) is 22.7. The molecule has 0 unspecified atom stereocenters. The van der Waals surface area contributed by atoms with Gasteiger partial charge in [0.1, 0.15) is 21.8 Å². The summed E-state index contributed by atoms with van der Waals surface area (Å²) in [6.07, 6.45) is 7.29. The van der Waals surface area contributed by atoms with Gasteiger partial charge in [0.25, 0.3) is 11.5 Å². The molecular weight excluding hydrogens is 526 g/mol. The van der Waals surface area contributed by atoms with Crippen molar-refractivity contribution < 1.29 is 4.79 Å². The van der Waals surface area contributed by atoms with E-state index in [1.807, 2.05) is 30.9 Å². The van der Waals surface area contributed by atoms with Gasteiger partial charge in [-0.15, -0.1) is 0 Å². The molecule has 0 radical (unpaired) electrons. The first-order chi connectivity index (χ1) is 18.9. The third kappa shape index (κ3) is 5.56. The molecule has 1 aromatic heterocycles. The SMILES string of the molecule is CCn1c(N2CCN(Cc3ccccc3)CC2)c(/C=C2/SC(=S)N(C3CCCCC3)C2=O)c(C)c(C#N)c1=O. The number of nitrogens with zero attached hydrogens (tertiary/aromatic N) is 5. The molecule has 3 fully saturated rings. The lowest BCUT2D eigenvalue weighted by Gasteiger charge is -2.38. The molecule has 1 aromatic carbocycles. The number of amides is 1. The van der Waals surface area contributed by atoms with Crippen LogP contribution in [0.4, 0.5) is 5.82 Å². The molecule has 7 nitrogen and oxygen atoms in total. The number of hydrogen-bond acceptors (Lipinski definition) is 7. The summed E-state index contributed by atoms with van der Waals surface area (Å²) in [5, 5.41) is 9.88. The van der Waals surface area contributed by atoms with Crippen molar-refractivity contribution in [3.05, 3.63) is 67.8 Å². The molecule has 0 N–H and O–H groups in total. The number of nitriles is 1. The van der Waals surface area contributed by atoms with Crippen LogP contribution in [0.3, 0.4) is 0 Å². The maximum absolute atomic E-state index is 13.6. The Morgan fingerprint density at radius 3 is 2.41 bits per heavy atom. The smallest absolute Gasteiger partial charge is 0.270 e. The molecule has 0 atom stereocenters. The van der Waals surface area contributed by atoms with Crippen molar-refractivity contribution in [2.24, 2.45) is 0 Å². The molecule has 0 bridgehead atoms.